The Morgan fingerprint density at radius 2 is 2.12 bits per heavy atom. The van der Waals surface area contributed by atoms with Crippen molar-refractivity contribution >= 4 is 0 Å². The average Bonchev–Trinajstić information content (AvgIpc) is 2.65. The summed E-state index contributed by atoms with van der Waals surface area (Å²) in [7, 11) is 2.01. The van der Waals surface area contributed by atoms with Gasteiger partial charge >= 0.3 is 0 Å². The number of aryl methyl sites for hydroxylation is 1. The van der Waals surface area contributed by atoms with Crippen molar-refractivity contribution in [1.82, 2.24) is 14.5 Å². The zero-order valence-corrected chi connectivity index (χ0v) is 10.8. The highest BCUT2D eigenvalue weighted by molar-refractivity contribution is 5.06. The topological polar surface area (TPSA) is 56.3 Å². The number of hydrogen-bond donors (Lipinski definition) is 1. The fraction of sp³-hybridized carbons (Fsp3) is 0.750. The van der Waals surface area contributed by atoms with E-state index in [4.69, 9.17) is 10.5 Å². The molecule has 96 valence electrons. The lowest BCUT2D eigenvalue weighted by Gasteiger charge is -2.39. The Kier molecular flexibility index (Phi) is 3.81. The number of nitrogens with two attached hydrogens (primary N) is 1. The highest BCUT2D eigenvalue weighted by Gasteiger charge is 2.29. The second kappa shape index (κ2) is 5.16. The summed E-state index contributed by atoms with van der Waals surface area (Å²) in [6.07, 6.45) is 4.26. The Morgan fingerprint density at radius 1 is 1.47 bits per heavy atom. The van der Waals surface area contributed by atoms with Gasteiger partial charge in [-0.15, -0.1) is 0 Å². The zero-order chi connectivity index (χ0) is 12.4. The third kappa shape index (κ3) is 2.68. The quantitative estimate of drug-likeness (QED) is 0.834. The molecule has 3 atom stereocenters. The Bertz CT molecular complexity index is 355. The van der Waals surface area contributed by atoms with E-state index in [-0.39, 0.29) is 18.2 Å². The van der Waals surface area contributed by atoms with Gasteiger partial charge in [0, 0.05) is 32.9 Å². The lowest BCUT2D eigenvalue weighted by atomic mass is 10.1. The highest BCUT2D eigenvalue weighted by Crippen LogP contribution is 2.23. The van der Waals surface area contributed by atoms with Crippen molar-refractivity contribution in [2.24, 2.45) is 12.8 Å². The number of imidazole rings is 1. The second-order valence-corrected chi connectivity index (χ2v) is 4.89. The van der Waals surface area contributed by atoms with Crippen LogP contribution in [0.2, 0.25) is 0 Å². The van der Waals surface area contributed by atoms with Crippen molar-refractivity contribution in [3.05, 3.63) is 18.2 Å². The molecular formula is C12H22N4O. The molecule has 17 heavy (non-hydrogen) atoms. The SMILES string of the molecule is CC1CN(C(CN)c2cncn2C)CC(C)O1. The molecule has 0 aliphatic carbocycles. The lowest BCUT2D eigenvalue weighted by molar-refractivity contribution is -0.0806. The maximum absolute atomic E-state index is 5.93. The molecule has 1 aliphatic heterocycles. The summed E-state index contributed by atoms with van der Waals surface area (Å²) < 4.78 is 7.80. The van der Waals surface area contributed by atoms with Crippen molar-refractivity contribution in [3.63, 3.8) is 0 Å². The van der Waals surface area contributed by atoms with Crippen LogP contribution in [0.3, 0.4) is 0 Å². The van der Waals surface area contributed by atoms with Crippen molar-refractivity contribution in [1.29, 1.82) is 0 Å². The largest absolute Gasteiger partial charge is 0.373 e. The molecule has 1 aromatic heterocycles. The van der Waals surface area contributed by atoms with Gasteiger partial charge in [-0.2, -0.15) is 0 Å². The first kappa shape index (κ1) is 12.5. The third-order valence-corrected chi connectivity index (χ3v) is 3.31. The second-order valence-electron chi connectivity index (χ2n) is 4.89. The third-order valence-electron chi connectivity index (χ3n) is 3.31. The van der Waals surface area contributed by atoms with Crippen molar-refractivity contribution in [3.8, 4) is 0 Å². The first-order valence-electron chi connectivity index (χ1n) is 6.17. The summed E-state index contributed by atoms with van der Waals surface area (Å²) in [5.41, 5.74) is 7.11. The van der Waals surface area contributed by atoms with E-state index >= 15 is 0 Å². The Labute approximate surface area is 103 Å². The number of nitrogens with zero attached hydrogens (tertiary/aromatic N) is 3. The molecule has 5 nitrogen and oxygen atoms in total. The molecule has 2 rings (SSSR count). The molecule has 1 aliphatic rings. The smallest absolute Gasteiger partial charge is 0.0946 e. The van der Waals surface area contributed by atoms with E-state index in [9.17, 15) is 0 Å². The molecule has 1 aromatic rings. The fourth-order valence-corrected chi connectivity index (χ4v) is 2.62. The lowest BCUT2D eigenvalue weighted by Crippen LogP contribution is -2.48. The van der Waals surface area contributed by atoms with E-state index in [1.165, 1.54) is 5.69 Å². The van der Waals surface area contributed by atoms with Crippen LogP contribution in [0.15, 0.2) is 12.5 Å². The number of hydrogen-bond acceptors (Lipinski definition) is 4. The van der Waals surface area contributed by atoms with Gasteiger partial charge < -0.3 is 15.0 Å². The summed E-state index contributed by atoms with van der Waals surface area (Å²) in [5, 5.41) is 0. The van der Waals surface area contributed by atoms with E-state index in [1.807, 2.05) is 24.1 Å². The molecule has 2 N–H and O–H groups in total. The van der Waals surface area contributed by atoms with Crippen LogP contribution in [0.1, 0.15) is 25.6 Å². The van der Waals surface area contributed by atoms with Crippen LogP contribution < -0.4 is 5.73 Å². The predicted molar refractivity (Wildman–Crippen MR) is 66.6 cm³/mol. The van der Waals surface area contributed by atoms with Gasteiger partial charge in [-0.3, -0.25) is 4.90 Å². The molecule has 2 heterocycles. The summed E-state index contributed by atoms with van der Waals surface area (Å²) in [6.45, 7) is 6.69. The minimum Gasteiger partial charge on any atom is -0.373 e. The average molecular weight is 238 g/mol. The molecule has 0 spiro atoms. The number of ether oxygens (including phenoxy) is 1. The van der Waals surface area contributed by atoms with Crippen LogP contribution in [0.25, 0.3) is 0 Å². The Balaban J connectivity index is 2.15. The van der Waals surface area contributed by atoms with Crippen molar-refractivity contribution < 1.29 is 4.74 Å². The summed E-state index contributed by atoms with van der Waals surface area (Å²) in [5.74, 6) is 0. The van der Waals surface area contributed by atoms with Gasteiger partial charge in [0.1, 0.15) is 0 Å². The minimum absolute atomic E-state index is 0.233. The summed E-state index contributed by atoms with van der Waals surface area (Å²) >= 11 is 0. The van der Waals surface area contributed by atoms with Gasteiger partial charge in [-0.05, 0) is 13.8 Å². The van der Waals surface area contributed by atoms with Crippen LogP contribution >= 0.6 is 0 Å². The minimum atomic E-state index is 0.233. The molecular weight excluding hydrogens is 216 g/mol. The van der Waals surface area contributed by atoms with Gasteiger partial charge in [0.05, 0.1) is 30.3 Å². The monoisotopic (exact) mass is 238 g/mol. The van der Waals surface area contributed by atoms with E-state index in [0.717, 1.165) is 13.1 Å². The highest BCUT2D eigenvalue weighted by atomic mass is 16.5. The van der Waals surface area contributed by atoms with Gasteiger partial charge in [0.15, 0.2) is 0 Å². The van der Waals surface area contributed by atoms with Gasteiger partial charge in [0.2, 0.25) is 0 Å². The molecule has 0 bridgehead atoms. The molecule has 3 unspecified atom stereocenters. The van der Waals surface area contributed by atoms with Crippen LogP contribution in [-0.4, -0.2) is 46.3 Å². The van der Waals surface area contributed by atoms with Crippen LogP contribution in [0.5, 0.6) is 0 Å². The Morgan fingerprint density at radius 3 is 2.59 bits per heavy atom. The van der Waals surface area contributed by atoms with Gasteiger partial charge in [0.25, 0.3) is 0 Å². The number of rotatable bonds is 3. The maximum Gasteiger partial charge on any atom is 0.0946 e. The summed E-state index contributed by atoms with van der Waals surface area (Å²) in [6, 6.07) is 0.233. The molecule has 1 saturated heterocycles. The molecule has 0 aromatic carbocycles. The summed E-state index contributed by atoms with van der Waals surface area (Å²) in [4.78, 5) is 6.57. The molecule has 0 saturated carbocycles. The van der Waals surface area contributed by atoms with Crippen LogP contribution in [0.4, 0.5) is 0 Å². The number of aromatic nitrogens is 2. The van der Waals surface area contributed by atoms with Gasteiger partial charge in [-0.25, -0.2) is 4.98 Å². The first-order chi connectivity index (χ1) is 8.11. The molecule has 1 fully saturated rings. The zero-order valence-electron chi connectivity index (χ0n) is 10.8. The first-order valence-corrected chi connectivity index (χ1v) is 6.17. The number of morpholine rings is 1. The standard InChI is InChI=1S/C12H22N4O/c1-9-6-16(7-10(2)17-9)11(4-13)12-5-14-8-15(12)3/h5,8-11H,4,6-7,13H2,1-3H3. The normalized spacial score (nSPS) is 28.2. The van der Waals surface area contributed by atoms with Crippen molar-refractivity contribution in [2.45, 2.75) is 32.1 Å². The van der Waals surface area contributed by atoms with Crippen molar-refractivity contribution in [2.75, 3.05) is 19.6 Å². The Hall–Kier alpha value is -0.910. The van der Waals surface area contributed by atoms with Gasteiger partial charge in [-0.1, -0.05) is 0 Å². The maximum atomic E-state index is 5.93. The van der Waals surface area contributed by atoms with E-state index in [1.54, 1.807) is 0 Å². The predicted octanol–water partition coefficient (Wildman–Crippen LogP) is 0.529. The molecule has 0 radical (unpaired) electrons. The van der Waals surface area contributed by atoms with Crippen LogP contribution in [0, 0.1) is 0 Å². The molecule has 5 heteroatoms. The van der Waals surface area contributed by atoms with Crippen LogP contribution in [-0.2, 0) is 11.8 Å². The van der Waals surface area contributed by atoms with E-state index in [0.29, 0.717) is 6.54 Å². The van der Waals surface area contributed by atoms with E-state index in [2.05, 4.69) is 23.7 Å². The van der Waals surface area contributed by atoms with E-state index < -0.39 is 0 Å². The molecule has 0 amide bonds. The fourth-order valence-electron chi connectivity index (χ4n) is 2.62.